The van der Waals surface area contributed by atoms with Crippen LogP contribution in [0.4, 0.5) is 8.78 Å². The van der Waals surface area contributed by atoms with Gasteiger partial charge in [0.1, 0.15) is 5.75 Å². The molecule has 16 heavy (non-hydrogen) atoms. The normalized spacial score (nSPS) is 10.8. The quantitative estimate of drug-likeness (QED) is 0.867. The third-order valence-corrected chi connectivity index (χ3v) is 2.29. The van der Waals surface area contributed by atoms with E-state index in [-0.39, 0.29) is 5.75 Å². The van der Waals surface area contributed by atoms with Crippen molar-refractivity contribution in [3.63, 3.8) is 0 Å². The van der Waals surface area contributed by atoms with E-state index in [4.69, 9.17) is 0 Å². The molecule has 0 spiro atoms. The van der Waals surface area contributed by atoms with Gasteiger partial charge < -0.3 is 4.74 Å². The van der Waals surface area contributed by atoms with Crippen molar-refractivity contribution in [1.82, 2.24) is 9.78 Å². The zero-order valence-electron chi connectivity index (χ0n) is 7.98. The maximum atomic E-state index is 11.9. The number of benzene rings is 1. The Bertz CT molecular complexity index is 470. The molecule has 2 aromatic rings. The second kappa shape index (κ2) is 4.61. The Kier molecular flexibility index (Phi) is 3.19. The molecule has 1 aromatic heterocycles. The molecule has 1 aromatic carbocycles. The monoisotopic (exact) mass is 288 g/mol. The fraction of sp³-hybridized carbons (Fsp3) is 0.100. The summed E-state index contributed by atoms with van der Waals surface area (Å²) in [5.41, 5.74) is 0.771. The van der Waals surface area contributed by atoms with Gasteiger partial charge in [-0.05, 0) is 40.2 Å². The minimum Gasteiger partial charge on any atom is -0.435 e. The molecule has 0 aliphatic rings. The van der Waals surface area contributed by atoms with Gasteiger partial charge in [0, 0.05) is 6.20 Å². The summed E-state index contributed by atoms with van der Waals surface area (Å²) >= 11 is 3.27. The smallest absolute Gasteiger partial charge is 0.387 e. The standard InChI is InChI=1S/C10H7BrF2N2O/c11-7-5-14-15(6-7)8-1-3-9(4-2-8)16-10(12)13/h1-6,10H. The highest BCUT2D eigenvalue weighted by molar-refractivity contribution is 9.10. The topological polar surface area (TPSA) is 27.1 Å². The number of aromatic nitrogens is 2. The van der Waals surface area contributed by atoms with Gasteiger partial charge in [-0.15, -0.1) is 0 Å². The Labute approximate surface area is 98.8 Å². The second-order valence-corrected chi connectivity index (χ2v) is 3.89. The highest BCUT2D eigenvalue weighted by Gasteiger charge is 2.04. The van der Waals surface area contributed by atoms with Crippen LogP contribution in [-0.4, -0.2) is 16.4 Å². The van der Waals surface area contributed by atoms with Gasteiger partial charge in [-0.25, -0.2) is 4.68 Å². The number of hydrogen-bond acceptors (Lipinski definition) is 2. The number of hydrogen-bond donors (Lipinski definition) is 0. The van der Waals surface area contributed by atoms with Crippen LogP contribution in [0, 0.1) is 0 Å². The van der Waals surface area contributed by atoms with Gasteiger partial charge in [-0.1, -0.05) is 0 Å². The van der Waals surface area contributed by atoms with Gasteiger partial charge in [-0.2, -0.15) is 13.9 Å². The lowest BCUT2D eigenvalue weighted by atomic mass is 10.3. The summed E-state index contributed by atoms with van der Waals surface area (Å²) in [5.74, 6) is 0.130. The van der Waals surface area contributed by atoms with Gasteiger partial charge in [0.15, 0.2) is 0 Å². The molecule has 0 fully saturated rings. The molecule has 0 saturated heterocycles. The van der Waals surface area contributed by atoms with E-state index in [0.29, 0.717) is 0 Å². The summed E-state index contributed by atoms with van der Waals surface area (Å²) in [6.45, 7) is -2.80. The number of nitrogens with zero attached hydrogens (tertiary/aromatic N) is 2. The molecular weight excluding hydrogens is 282 g/mol. The Balaban J connectivity index is 2.19. The first kappa shape index (κ1) is 11.1. The lowest BCUT2D eigenvalue weighted by molar-refractivity contribution is -0.0498. The van der Waals surface area contributed by atoms with Gasteiger partial charge in [-0.3, -0.25) is 0 Å². The van der Waals surface area contributed by atoms with E-state index in [0.717, 1.165) is 10.2 Å². The van der Waals surface area contributed by atoms with Crippen LogP contribution in [0.1, 0.15) is 0 Å². The second-order valence-electron chi connectivity index (χ2n) is 2.98. The third-order valence-electron chi connectivity index (χ3n) is 1.88. The lowest BCUT2D eigenvalue weighted by Gasteiger charge is -2.05. The van der Waals surface area contributed by atoms with E-state index < -0.39 is 6.61 Å². The predicted molar refractivity (Wildman–Crippen MR) is 57.9 cm³/mol. The molecule has 1 heterocycles. The average Bonchev–Trinajstić information content (AvgIpc) is 2.65. The molecule has 0 unspecified atom stereocenters. The first-order chi connectivity index (χ1) is 7.65. The molecule has 0 atom stereocenters. The van der Waals surface area contributed by atoms with Crippen molar-refractivity contribution in [2.24, 2.45) is 0 Å². The predicted octanol–water partition coefficient (Wildman–Crippen LogP) is 3.24. The van der Waals surface area contributed by atoms with Crippen molar-refractivity contribution < 1.29 is 13.5 Å². The molecule has 2 rings (SSSR count). The zero-order valence-corrected chi connectivity index (χ0v) is 9.56. The van der Waals surface area contributed by atoms with Crippen LogP contribution >= 0.6 is 15.9 Å². The van der Waals surface area contributed by atoms with Crippen molar-refractivity contribution in [2.75, 3.05) is 0 Å². The van der Waals surface area contributed by atoms with Gasteiger partial charge in [0.25, 0.3) is 0 Å². The van der Waals surface area contributed by atoms with Crippen LogP contribution < -0.4 is 4.74 Å². The molecule has 0 bridgehead atoms. The highest BCUT2D eigenvalue weighted by Crippen LogP contribution is 2.18. The third kappa shape index (κ3) is 2.57. The molecule has 0 amide bonds. The van der Waals surface area contributed by atoms with Crippen LogP contribution in [0.3, 0.4) is 0 Å². The fourth-order valence-corrected chi connectivity index (χ4v) is 1.51. The van der Waals surface area contributed by atoms with Crippen molar-refractivity contribution >= 4 is 15.9 Å². The molecule has 0 radical (unpaired) electrons. The minimum atomic E-state index is -2.80. The van der Waals surface area contributed by atoms with Gasteiger partial charge in [0.2, 0.25) is 0 Å². The van der Waals surface area contributed by atoms with E-state index in [2.05, 4.69) is 25.8 Å². The van der Waals surface area contributed by atoms with E-state index in [9.17, 15) is 8.78 Å². The summed E-state index contributed by atoms with van der Waals surface area (Å²) < 4.78 is 30.5. The van der Waals surface area contributed by atoms with Crippen LogP contribution in [0.15, 0.2) is 41.1 Å². The SMILES string of the molecule is FC(F)Oc1ccc(-n2cc(Br)cn2)cc1. The van der Waals surface area contributed by atoms with Crippen LogP contribution in [-0.2, 0) is 0 Å². The van der Waals surface area contributed by atoms with Crippen LogP contribution in [0.5, 0.6) is 5.75 Å². The molecule has 0 aliphatic carbocycles. The summed E-state index contributed by atoms with van der Waals surface area (Å²) in [4.78, 5) is 0. The molecule has 84 valence electrons. The Hall–Kier alpha value is -1.43. The molecule has 6 heteroatoms. The van der Waals surface area contributed by atoms with Crippen molar-refractivity contribution in [1.29, 1.82) is 0 Å². The average molecular weight is 289 g/mol. The Morgan fingerprint density at radius 3 is 2.44 bits per heavy atom. The number of halogens is 3. The minimum absolute atomic E-state index is 0.130. The summed E-state index contributed by atoms with van der Waals surface area (Å²) in [5, 5.41) is 4.06. The van der Waals surface area contributed by atoms with E-state index >= 15 is 0 Å². The summed E-state index contributed by atoms with van der Waals surface area (Å²) in [6, 6.07) is 6.24. The molecule has 0 aliphatic heterocycles. The number of ether oxygens (including phenoxy) is 1. The summed E-state index contributed by atoms with van der Waals surface area (Å²) in [6.07, 6.45) is 3.41. The number of rotatable bonds is 3. The molecule has 0 saturated carbocycles. The molecule has 0 N–H and O–H groups in total. The van der Waals surface area contributed by atoms with Crippen molar-refractivity contribution in [2.45, 2.75) is 6.61 Å². The summed E-state index contributed by atoms with van der Waals surface area (Å²) in [7, 11) is 0. The number of alkyl halides is 2. The molecule has 3 nitrogen and oxygen atoms in total. The first-order valence-electron chi connectivity index (χ1n) is 4.40. The zero-order chi connectivity index (χ0) is 11.5. The maximum Gasteiger partial charge on any atom is 0.387 e. The maximum absolute atomic E-state index is 11.9. The van der Waals surface area contributed by atoms with E-state index in [1.807, 2.05) is 0 Å². The van der Waals surface area contributed by atoms with E-state index in [1.165, 1.54) is 12.1 Å². The molecular formula is C10H7BrF2N2O. The Morgan fingerprint density at radius 1 is 1.25 bits per heavy atom. The highest BCUT2D eigenvalue weighted by atomic mass is 79.9. The van der Waals surface area contributed by atoms with Crippen molar-refractivity contribution in [3.05, 3.63) is 41.1 Å². The van der Waals surface area contributed by atoms with Gasteiger partial charge >= 0.3 is 6.61 Å². The van der Waals surface area contributed by atoms with Crippen molar-refractivity contribution in [3.8, 4) is 11.4 Å². The Morgan fingerprint density at radius 2 is 1.94 bits per heavy atom. The van der Waals surface area contributed by atoms with Gasteiger partial charge in [0.05, 0.1) is 16.4 Å². The van der Waals surface area contributed by atoms with Crippen LogP contribution in [0.2, 0.25) is 0 Å². The largest absolute Gasteiger partial charge is 0.435 e. The fourth-order valence-electron chi connectivity index (χ4n) is 1.22. The van der Waals surface area contributed by atoms with E-state index in [1.54, 1.807) is 29.2 Å². The van der Waals surface area contributed by atoms with Crippen LogP contribution in [0.25, 0.3) is 5.69 Å². The lowest BCUT2D eigenvalue weighted by Crippen LogP contribution is -2.02. The first-order valence-corrected chi connectivity index (χ1v) is 5.20.